The zero-order valence-electron chi connectivity index (χ0n) is 18.5. The van der Waals surface area contributed by atoms with Crippen LogP contribution in [-0.2, 0) is 16.1 Å². The Balaban J connectivity index is 1.35. The average Bonchev–Trinajstić information content (AvgIpc) is 3.34. The van der Waals surface area contributed by atoms with E-state index in [1.807, 2.05) is 18.2 Å². The SMILES string of the molecule is O=C(NCC1CCCO1)c1ccccc1NC(=O)C1CCCN(Cc2ccc(Cl)c(Cl)c2)C1. The van der Waals surface area contributed by atoms with Crippen molar-refractivity contribution < 1.29 is 14.3 Å². The van der Waals surface area contributed by atoms with E-state index in [9.17, 15) is 9.59 Å². The quantitative estimate of drug-likeness (QED) is 0.588. The Labute approximate surface area is 204 Å². The van der Waals surface area contributed by atoms with E-state index in [1.54, 1.807) is 24.3 Å². The van der Waals surface area contributed by atoms with Crippen molar-refractivity contribution in [3.63, 3.8) is 0 Å². The molecule has 0 spiro atoms. The minimum absolute atomic E-state index is 0.0618. The molecule has 2 N–H and O–H groups in total. The molecule has 0 bridgehead atoms. The number of amides is 2. The van der Waals surface area contributed by atoms with Crippen LogP contribution in [0.4, 0.5) is 5.69 Å². The Morgan fingerprint density at radius 1 is 1.06 bits per heavy atom. The molecule has 176 valence electrons. The van der Waals surface area contributed by atoms with Crippen molar-refractivity contribution in [2.24, 2.45) is 5.92 Å². The van der Waals surface area contributed by atoms with Crippen LogP contribution >= 0.6 is 23.2 Å². The van der Waals surface area contributed by atoms with Gasteiger partial charge in [-0.3, -0.25) is 14.5 Å². The normalized spacial score (nSPS) is 21.0. The summed E-state index contributed by atoms with van der Waals surface area (Å²) in [5.74, 6) is -0.413. The van der Waals surface area contributed by atoms with Gasteiger partial charge in [0.1, 0.15) is 0 Å². The number of para-hydroxylation sites is 1. The number of rotatable bonds is 7. The molecule has 2 saturated heterocycles. The molecule has 4 rings (SSSR count). The zero-order chi connectivity index (χ0) is 23.2. The summed E-state index contributed by atoms with van der Waals surface area (Å²) in [4.78, 5) is 28.1. The minimum Gasteiger partial charge on any atom is -0.376 e. The number of benzene rings is 2. The molecule has 0 aromatic heterocycles. The topological polar surface area (TPSA) is 70.7 Å². The second-order valence-corrected chi connectivity index (χ2v) is 9.52. The van der Waals surface area contributed by atoms with Gasteiger partial charge >= 0.3 is 0 Å². The maximum absolute atomic E-state index is 13.1. The molecule has 2 aliphatic rings. The molecule has 2 fully saturated rings. The van der Waals surface area contributed by atoms with Crippen molar-refractivity contribution in [1.82, 2.24) is 10.2 Å². The summed E-state index contributed by atoms with van der Waals surface area (Å²) in [6.45, 7) is 3.51. The fourth-order valence-electron chi connectivity index (χ4n) is 4.44. The first-order valence-electron chi connectivity index (χ1n) is 11.5. The molecule has 2 aromatic rings. The van der Waals surface area contributed by atoms with Crippen molar-refractivity contribution in [2.75, 3.05) is 31.6 Å². The third-order valence-electron chi connectivity index (χ3n) is 6.21. The number of piperidine rings is 1. The van der Waals surface area contributed by atoms with E-state index >= 15 is 0 Å². The molecule has 2 amide bonds. The van der Waals surface area contributed by atoms with Gasteiger partial charge < -0.3 is 15.4 Å². The average molecular weight is 490 g/mol. The number of carbonyl (C=O) groups excluding carboxylic acids is 2. The maximum Gasteiger partial charge on any atom is 0.253 e. The number of likely N-dealkylation sites (tertiary alicyclic amines) is 1. The minimum atomic E-state index is -0.203. The number of hydrogen-bond donors (Lipinski definition) is 2. The van der Waals surface area contributed by atoms with E-state index in [0.717, 1.165) is 44.4 Å². The fraction of sp³-hybridized carbons (Fsp3) is 0.440. The Bertz CT molecular complexity index is 995. The number of carbonyl (C=O) groups is 2. The second kappa shape index (κ2) is 11.3. The molecule has 2 atom stereocenters. The van der Waals surface area contributed by atoms with Crippen LogP contribution in [0.15, 0.2) is 42.5 Å². The van der Waals surface area contributed by atoms with Crippen molar-refractivity contribution in [3.05, 3.63) is 63.6 Å². The van der Waals surface area contributed by atoms with Crippen LogP contribution in [0.5, 0.6) is 0 Å². The van der Waals surface area contributed by atoms with Crippen molar-refractivity contribution in [3.8, 4) is 0 Å². The van der Waals surface area contributed by atoms with Crippen LogP contribution in [0.1, 0.15) is 41.6 Å². The zero-order valence-corrected chi connectivity index (χ0v) is 20.0. The highest BCUT2D eigenvalue weighted by molar-refractivity contribution is 6.42. The van der Waals surface area contributed by atoms with Crippen LogP contribution in [0.2, 0.25) is 10.0 Å². The monoisotopic (exact) mass is 489 g/mol. The van der Waals surface area contributed by atoms with Gasteiger partial charge in [0.05, 0.1) is 33.3 Å². The Morgan fingerprint density at radius 2 is 1.91 bits per heavy atom. The first kappa shape index (κ1) is 24.0. The van der Waals surface area contributed by atoms with Crippen LogP contribution < -0.4 is 10.6 Å². The molecule has 6 nitrogen and oxygen atoms in total. The number of nitrogens with zero attached hydrogens (tertiary/aromatic N) is 1. The summed E-state index contributed by atoms with van der Waals surface area (Å²) >= 11 is 12.2. The van der Waals surface area contributed by atoms with Crippen LogP contribution in [-0.4, -0.2) is 49.1 Å². The molecule has 0 radical (unpaired) electrons. The molecule has 2 aromatic carbocycles. The van der Waals surface area contributed by atoms with Crippen LogP contribution in [0, 0.1) is 5.92 Å². The molecule has 0 aliphatic carbocycles. The number of hydrogen-bond acceptors (Lipinski definition) is 4. The van der Waals surface area contributed by atoms with Gasteiger partial charge in [0, 0.05) is 26.2 Å². The molecule has 2 heterocycles. The van der Waals surface area contributed by atoms with Crippen molar-refractivity contribution in [2.45, 2.75) is 38.3 Å². The lowest BCUT2D eigenvalue weighted by atomic mass is 9.96. The number of ether oxygens (including phenoxy) is 1. The highest BCUT2D eigenvalue weighted by atomic mass is 35.5. The summed E-state index contributed by atoms with van der Waals surface area (Å²) in [5.41, 5.74) is 2.07. The molecule has 0 saturated carbocycles. The van der Waals surface area contributed by atoms with Gasteiger partial charge in [0.25, 0.3) is 5.91 Å². The number of nitrogens with one attached hydrogen (secondary N) is 2. The van der Waals surface area contributed by atoms with Gasteiger partial charge in [-0.2, -0.15) is 0 Å². The highest BCUT2D eigenvalue weighted by Crippen LogP contribution is 2.26. The van der Waals surface area contributed by atoms with Gasteiger partial charge in [0.2, 0.25) is 5.91 Å². The first-order valence-corrected chi connectivity index (χ1v) is 12.2. The summed E-state index contributed by atoms with van der Waals surface area (Å²) in [6, 6.07) is 12.8. The molecular formula is C25H29Cl2N3O3. The second-order valence-electron chi connectivity index (χ2n) is 8.70. The largest absolute Gasteiger partial charge is 0.376 e. The third-order valence-corrected chi connectivity index (χ3v) is 6.95. The van der Waals surface area contributed by atoms with Gasteiger partial charge in [-0.05, 0) is 62.1 Å². The summed E-state index contributed by atoms with van der Waals surface area (Å²) in [6.07, 6.45) is 3.80. The Kier molecular flexibility index (Phi) is 8.25. The predicted octanol–water partition coefficient (Wildman–Crippen LogP) is 4.75. The molecule has 2 aliphatic heterocycles. The van der Waals surface area contributed by atoms with E-state index in [4.69, 9.17) is 27.9 Å². The third kappa shape index (κ3) is 6.48. The molecule has 8 heteroatoms. The molecular weight excluding hydrogens is 461 g/mol. The standard InChI is InChI=1S/C25H29Cl2N3O3/c26-21-10-9-17(13-22(21)27)15-30-11-3-5-18(16-30)24(31)29-23-8-2-1-7-20(23)25(32)28-14-19-6-4-12-33-19/h1-2,7-10,13,18-19H,3-6,11-12,14-16H2,(H,28,32)(H,29,31). The fourth-order valence-corrected chi connectivity index (χ4v) is 4.76. The van der Waals surface area contributed by atoms with E-state index < -0.39 is 0 Å². The van der Waals surface area contributed by atoms with Gasteiger partial charge in [-0.15, -0.1) is 0 Å². The van der Waals surface area contributed by atoms with Crippen molar-refractivity contribution in [1.29, 1.82) is 0 Å². The highest BCUT2D eigenvalue weighted by Gasteiger charge is 2.27. The van der Waals surface area contributed by atoms with Gasteiger partial charge in [-0.1, -0.05) is 41.4 Å². The first-order chi connectivity index (χ1) is 16.0. The van der Waals surface area contributed by atoms with E-state index in [1.165, 1.54) is 0 Å². The number of halogens is 2. The Morgan fingerprint density at radius 3 is 2.70 bits per heavy atom. The lowest BCUT2D eigenvalue weighted by Crippen LogP contribution is -2.40. The lowest BCUT2D eigenvalue weighted by Gasteiger charge is -2.32. The van der Waals surface area contributed by atoms with E-state index in [0.29, 0.717) is 40.9 Å². The van der Waals surface area contributed by atoms with Gasteiger partial charge in [-0.25, -0.2) is 0 Å². The maximum atomic E-state index is 13.1. The Hall–Kier alpha value is -2.12. The van der Waals surface area contributed by atoms with E-state index in [-0.39, 0.29) is 23.8 Å². The summed E-state index contributed by atoms with van der Waals surface area (Å²) in [7, 11) is 0. The van der Waals surface area contributed by atoms with Crippen molar-refractivity contribution >= 4 is 40.7 Å². The predicted molar refractivity (Wildman–Crippen MR) is 131 cm³/mol. The van der Waals surface area contributed by atoms with Gasteiger partial charge in [0.15, 0.2) is 0 Å². The smallest absolute Gasteiger partial charge is 0.253 e. The van der Waals surface area contributed by atoms with Crippen LogP contribution in [0.3, 0.4) is 0 Å². The van der Waals surface area contributed by atoms with Crippen LogP contribution in [0.25, 0.3) is 0 Å². The number of anilines is 1. The molecule has 33 heavy (non-hydrogen) atoms. The summed E-state index contributed by atoms with van der Waals surface area (Å²) < 4.78 is 5.58. The lowest BCUT2D eigenvalue weighted by molar-refractivity contribution is -0.121. The molecule has 2 unspecified atom stereocenters. The van der Waals surface area contributed by atoms with E-state index in [2.05, 4.69) is 15.5 Å². The summed E-state index contributed by atoms with van der Waals surface area (Å²) in [5, 5.41) is 7.00.